The van der Waals surface area contributed by atoms with Crippen LogP contribution in [0, 0.1) is 13.8 Å². The van der Waals surface area contributed by atoms with Crippen molar-refractivity contribution in [1.29, 1.82) is 0 Å². The van der Waals surface area contributed by atoms with E-state index in [4.69, 9.17) is 9.47 Å². The number of hydrogen-bond donors (Lipinski definition) is 1. The molecule has 1 aliphatic rings. The van der Waals surface area contributed by atoms with Crippen LogP contribution in [0.5, 0.6) is 11.5 Å². The van der Waals surface area contributed by atoms with Gasteiger partial charge in [0.15, 0.2) is 11.5 Å². The van der Waals surface area contributed by atoms with Crippen molar-refractivity contribution < 1.29 is 23.9 Å². The number of rotatable bonds is 6. The number of aryl methyl sites for hydroxylation is 2. The van der Waals surface area contributed by atoms with Gasteiger partial charge in [-0.05, 0) is 70.7 Å². The van der Waals surface area contributed by atoms with Gasteiger partial charge < -0.3 is 9.47 Å². The lowest BCUT2D eigenvalue weighted by Crippen LogP contribution is -2.54. The highest BCUT2D eigenvalue weighted by Crippen LogP contribution is 2.37. The molecule has 7 nitrogen and oxygen atoms in total. The summed E-state index contributed by atoms with van der Waals surface area (Å²) in [7, 11) is 1.48. The van der Waals surface area contributed by atoms with Gasteiger partial charge in [0.2, 0.25) is 0 Å². The first-order valence-electron chi connectivity index (χ1n) is 9.36. The standard InChI is InChI=1S/C23H21BrN2O5/c1-5-8-31-20-17(24)11-15(12-19(20)30-4)10-16-21(27)25-23(29)26(22(16)28)18-9-13(2)6-7-14(18)3/h5-7,9-12H,1,8H2,2-4H3,(H,25,27,29)/b16-10+. The Bertz CT molecular complexity index is 1120. The van der Waals surface area contributed by atoms with Crippen LogP contribution in [0.25, 0.3) is 6.08 Å². The average Bonchev–Trinajstić information content (AvgIpc) is 2.72. The van der Waals surface area contributed by atoms with Crippen LogP contribution in [-0.4, -0.2) is 31.6 Å². The summed E-state index contributed by atoms with van der Waals surface area (Å²) in [6.07, 6.45) is 3.01. The minimum absolute atomic E-state index is 0.172. The number of barbiturate groups is 1. The highest BCUT2D eigenvalue weighted by molar-refractivity contribution is 9.10. The van der Waals surface area contributed by atoms with Crippen molar-refractivity contribution in [2.24, 2.45) is 0 Å². The van der Waals surface area contributed by atoms with Crippen molar-refractivity contribution in [3.8, 4) is 11.5 Å². The highest BCUT2D eigenvalue weighted by atomic mass is 79.9. The van der Waals surface area contributed by atoms with E-state index in [1.165, 1.54) is 13.2 Å². The number of nitrogens with zero attached hydrogens (tertiary/aromatic N) is 1. The maximum absolute atomic E-state index is 13.2. The monoisotopic (exact) mass is 484 g/mol. The molecule has 1 heterocycles. The van der Waals surface area contributed by atoms with Gasteiger partial charge in [-0.2, -0.15) is 0 Å². The van der Waals surface area contributed by atoms with Gasteiger partial charge in [0.25, 0.3) is 11.8 Å². The number of methoxy groups -OCH3 is 1. The second-order valence-electron chi connectivity index (χ2n) is 6.88. The Balaban J connectivity index is 2.05. The molecule has 0 aliphatic carbocycles. The summed E-state index contributed by atoms with van der Waals surface area (Å²) in [4.78, 5) is 39.1. The second-order valence-corrected chi connectivity index (χ2v) is 7.74. The SMILES string of the molecule is C=CCOc1c(Br)cc(/C=C2\C(=O)NC(=O)N(c3cc(C)ccc3C)C2=O)cc1OC. The Morgan fingerprint density at radius 1 is 1.16 bits per heavy atom. The number of nitrogens with one attached hydrogen (secondary N) is 1. The van der Waals surface area contributed by atoms with Gasteiger partial charge in [-0.1, -0.05) is 24.8 Å². The van der Waals surface area contributed by atoms with Crippen molar-refractivity contribution in [2.75, 3.05) is 18.6 Å². The second kappa shape index (κ2) is 9.18. The zero-order chi connectivity index (χ0) is 22.7. The number of urea groups is 1. The Morgan fingerprint density at radius 3 is 2.58 bits per heavy atom. The quantitative estimate of drug-likeness (QED) is 0.375. The van der Waals surface area contributed by atoms with Gasteiger partial charge in [-0.25, -0.2) is 9.69 Å². The summed E-state index contributed by atoms with van der Waals surface area (Å²) < 4.78 is 11.5. The van der Waals surface area contributed by atoms with Crippen LogP contribution in [0.1, 0.15) is 16.7 Å². The van der Waals surface area contributed by atoms with Crippen LogP contribution in [-0.2, 0) is 9.59 Å². The van der Waals surface area contributed by atoms with E-state index >= 15 is 0 Å². The van der Waals surface area contributed by atoms with E-state index in [9.17, 15) is 14.4 Å². The van der Waals surface area contributed by atoms with Crippen LogP contribution in [0.4, 0.5) is 10.5 Å². The lowest BCUT2D eigenvalue weighted by molar-refractivity contribution is -0.122. The first-order chi connectivity index (χ1) is 14.8. The number of hydrogen-bond acceptors (Lipinski definition) is 5. The molecule has 1 aliphatic heterocycles. The molecule has 0 radical (unpaired) electrons. The third-order valence-electron chi connectivity index (χ3n) is 4.62. The van der Waals surface area contributed by atoms with Gasteiger partial charge in [0, 0.05) is 0 Å². The number of ether oxygens (including phenoxy) is 2. The summed E-state index contributed by atoms with van der Waals surface area (Å²) in [5.41, 5.74) is 2.38. The fraction of sp³-hybridized carbons (Fsp3) is 0.174. The molecule has 3 rings (SSSR count). The molecule has 31 heavy (non-hydrogen) atoms. The first kappa shape index (κ1) is 22.3. The van der Waals surface area contributed by atoms with E-state index in [-0.39, 0.29) is 12.2 Å². The number of carbonyl (C=O) groups is 3. The molecule has 2 aromatic rings. The molecule has 0 spiro atoms. The first-order valence-corrected chi connectivity index (χ1v) is 10.2. The molecule has 1 saturated heterocycles. The summed E-state index contributed by atoms with van der Waals surface area (Å²) in [5, 5.41) is 2.24. The Morgan fingerprint density at radius 2 is 1.90 bits per heavy atom. The number of amides is 4. The van der Waals surface area contributed by atoms with Crippen LogP contribution in [0.15, 0.2) is 53.0 Å². The predicted octanol–water partition coefficient (Wildman–Crippen LogP) is 4.31. The third-order valence-corrected chi connectivity index (χ3v) is 5.20. The van der Waals surface area contributed by atoms with Crippen molar-refractivity contribution in [3.63, 3.8) is 0 Å². The molecule has 1 N–H and O–H groups in total. The topological polar surface area (TPSA) is 84.9 Å². The Hall–Kier alpha value is -3.39. The van der Waals surface area contributed by atoms with Crippen LogP contribution in [0.3, 0.4) is 0 Å². The van der Waals surface area contributed by atoms with Gasteiger partial charge >= 0.3 is 6.03 Å². The predicted molar refractivity (Wildman–Crippen MR) is 121 cm³/mol. The maximum atomic E-state index is 13.2. The molecule has 2 aromatic carbocycles. The van der Waals surface area contributed by atoms with Crippen LogP contribution < -0.4 is 19.7 Å². The molecular formula is C23H21BrN2O5. The van der Waals surface area contributed by atoms with E-state index in [0.29, 0.717) is 27.2 Å². The van der Waals surface area contributed by atoms with Gasteiger partial charge in [-0.3, -0.25) is 14.9 Å². The van der Waals surface area contributed by atoms with Gasteiger partial charge in [0.05, 0.1) is 17.3 Å². The van der Waals surface area contributed by atoms with Crippen molar-refractivity contribution in [3.05, 3.63) is 69.7 Å². The fourth-order valence-electron chi connectivity index (χ4n) is 3.11. The van der Waals surface area contributed by atoms with Crippen LogP contribution in [0.2, 0.25) is 0 Å². The molecule has 0 bridgehead atoms. The minimum Gasteiger partial charge on any atom is -0.493 e. The molecule has 0 saturated carbocycles. The summed E-state index contributed by atoms with van der Waals surface area (Å²) in [5.74, 6) is -0.589. The smallest absolute Gasteiger partial charge is 0.335 e. The number of halogens is 1. The highest BCUT2D eigenvalue weighted by Gasteiger charge is 2.37. The van der Waals surface area contributed by atoms with Crippen molar-refractivity contribution in [1.82, 2.24) is 5.32 Å². The Labute approximate surface area is 188 Å². The zero-order valence-electron chi connectivity index (χ0n) is 17.3. The molecule has 160 valence electrons. The average molecular weight is 485 g/mol. The lowest BCUT2D eigenvalue weighted by atomic mass is 10.0. The van der Waals surface area contributed by atoms with Gasteiger partial charge in [0.1, 0.15) is 12.2 Å². The Kier molecular flexibility index (Phi) is 6.60. The molecule has 0 aromatic heterocycles. The van der Waals surface area contributed by atoms with Crippen LogP contribution >= 0.6 is 15.9 Å². The summed E-state index contributed by atoms with van der Waals surface area (Å²) in [6, 6.07) is 7.96. The maximum Gasteiger partial charge on any atom is 0.335 e. The number of imide groups is 2. The van der Waals surface area contributed by atoms with E-state index < -0.39 is 17.8 Å². The largest absolute Gasteiger partial charge is 0.493 e. The zero-order valence-corrected chi connectivity index (χ0v) is 18.9. The molecule has 4 amide bonds. The molecular weight excluding hydrogens is 464 g/mol. The lowest BCUT2D eigenvalue weighted by Gasteiger charge is -2.27. The minimum atomic E-state index is -0.784. The number of benzene rings is 2. The molecule has 0 atom stereocenters. The van der Waals surface area contributed by atoms with E-state index in [0.717, 1.165) is 16.0 Å². The van der Waals surface area contributed by atoms with E-state index in [1.807, 2.05) is 19.1 Å². The number of carbonyl (C=O) groups excluding carboxylic acids is 3. The van der Waals surface area contributed by atoms with Gasteiger partial charge in [-0.15, -0.1) is 0 Å². The number of anilines is 1. The summed E-state index contributed by atoms with van der Waals surface area (Å²) >= 11 is 3.42. The fourth-order valence-corrected chi connectivity index (χ4v) is 3.68. The van der Waals surface area contributed by atoms with E-state index in [1.54, 1.807) is 31.2 Å². The normalized spacial score (nSPS) is 15.2. The molecule has 0 unspecified atom stereocenters. The molecule has 8 heteroatoms. The van der Waals surface area contributed by atoms with E-state index in [2.05, 4.69) is 27.8 Å². The molecule has 1 fully saturated rings. The summed E-state index contributed by atoms with van der Waals surface area (Å²) in [6.45, 7) is 7.55. The third kappa shape index (κ3) is 4.54. The van der Waals surface area contributed by atoms with Crippen molar-refractivity contribution >= 4 is 45.5 Å². The van der Waals surface area contributed by atoms with Crippen molar-refractivity contribution in [2.45, 2.75) is 13.8 Å².